The van der Waals surface area contributed by atoms with Crippen LogP contribution < -0.4 is 11.1 Å². The van der Waals surface area contributed by atoms with E-state index >= 15 is 0 Å². The molecule has 2 aromatic rings. The summed E-state index contributed by atoms with van der Waals surface area (Å²) in [5, 5.41) is 7.13. The van der Waals surface area contributed by atoms with Crippen molar-refractivity contribution in [3.05, 3.63) is 45.4 Å². The average molecular weight is 282 g/mol. The van der Waals surface area contributed by atoms with Crippen LogP contribution in [0, 0.1) is 0 Å². The summed E-state index contributed by atoms with van der Waals surface area (Å²) in [6.07, 6.45) is 1.82. The van der Waals surface area contributed by atoms with Gasteiger partial charge in [-0.25, -0.2) is 4.98 Å². The van der Waals surface area contributed by atoms with Crippen LogP contribution in [0.1, 0.15) is 24.4 Å². The third-order valence-electron chi connectivity index (χ3n) is 2.76. The van der Waals surface area contributed by atoms with Crippen LogP contribution in [0.15, 0.2) is 29.8 Å². The van der Waals surface area contributed by atoms with E-state index in [-0.39, 0.29) is 5.54 Å². The van der Waals surface area contributed by atoms with E-state index in [0.29, 0.717) is 10.7 Å². The second-order valence-corrected chi connectivity index (χ2v) is 5.97. The van der Waals surface area contributed by atoms with E-state index in [0.717, 1.165) is 17.1 Å². The standard InChI is InChI=1S/C13H16ClN3S/c1-13(2,12-16-5-6-18-12)17-8-9-3-4-10(14)11(15)7-9/h3-7,17H,8,15H2,1-2H3. The largest absolute Gasteiger partial charge is 0.398 e. The van der Waals surface area contributed by atoms with Gasteiger partial charge in [0.25, 0.3) is 0 Å². The summed E-state index contributed by atoms with van der Waals surface area (Å²) >= 11 is 7.55. The Hall–Kier alpha value is -1.10. The minimum Gasteiger partial charge on any atom is -0.398 e. The van der Waals surface area contributed by atoms with Crippen LogP contribution in [-0.4, -0.2) is 4.98 Å². The van der Waals surface area contributed by atoms with E-state index in [1.807, 2.05) is 29.8 Å². The van der Waals surface area contributed by atoms with Crippen molar-refractivity contribution in [1.82, 2.24) is 10.3 Å². The molecule has 0 amide bonds. The van der Waals surface area contributed by atoms with Crippen molar-refractivity contribution in [3.63, 3.8) is 0 Å². The van der Waals surface area contributed by atoms with Crippen molar-refractivity contribution in [1.29, 1.82) is 0 Å². The van der Waals surface area contributed by atoms with Gasteiger partial charge in [-0.05, 0) is 31.5 Å². The van der Waals surface area contributed by atoms with Gasteiger partial charge in [-0.1, -0.05) is 17.7 Å². The maximum atomic E-state index is 5.90. The molecule has 3 N–H and O–H groups in total. The van der Waals surface area contributed by atoms with E-state index in [2.05, 4.69) is 24.1 Å². The van der Waals surface area contributed by atoms with Crippen LogP contribution in [-0.2, 0) is 12.1 Å². The third-order valence-corrected chi connectivity index (χ3v) is 4.20. The zero-order valence-corrected chi connectivity index (χ0v) is 12.0. The molecule has 0 radical (unpaired) electrons. The Balaban J connectivity index is 2.05. The minimum absolute atomic E-state index is 0.150. The number of hydrogen-bond acceptors (Lipinski definition) is 4. The molecule has 5 heteroatoms. The lowest BCUT2D eigenvalue weighted by atomic mass is 10.1. The summed E-state index contributed by atoms with van der Waals surface area (Å²) in [6, 6.07) is 5.70. The Morgan fingerprint density at radius 1 is 1.44 bits per heavy atom. The van der Waals surface area contributed by atoms with E-state index in [1.54, 1.807) is 11.3 Å². The quantitative estimate of drug-likeness (QED) is 0.845. The molecular weight excluding hydrogens is 266 g/mol. The van der Waals surface area contributed by atoms with Gasteiger partial charge in [0.1, 0.15) is 5.01 Å². The highest BCUT2D eigenvalue weighted by atomic mass is 35.5. The summed E-state index contributed by atoms with van der Waals surface area (Å²) < 4.78 is 0. The zero-order valence-electron chi connectivity index (χ0n) is 10.4. The second kappa shape index (κ2) is 5.26. The van der Waals surface area contributed by atoms with Crippen molar-refractivity contribution >= 4 is 28.6 Å². The molecule has 0 aliphatic carbocycles. The first-order valence-electron chi connectivity index (χ1n) is 5.68. The number of benzene rings is 1. The minimum atomic E-state index is -0.150. The normalized spacial score (nSPS) is 11.7. The molecule has 1 aromatic heterocycles. The first kappa shape index (κ1) is 13.3. The van der Waals surface area contributed by atoms with Crippen LogP contribution in [0.4, 0.5) is 5.69 Å². The fourth-order valence-electron chi connectivity index (χ4n) is 1.63. The lowest BCUT2D eigenvalue weighted by Gasteiger charge is -2.24. The van der Waals surface area contributed by atoms with E-state index in [9.17, 15) is 0 Å². The lowest BCUT2D eigenvalue weighted by molar-refractivity contribution is 0.399. The SMILES string of the molecule is CC(C)(NCc1ccc(Cl)c(N)c1)c1nccs1. The highest BCUT2D eigenvalue weighted by Gasteiger charge is 2.22. The maximum absolute atomic E-state index is 5.90. The van der Waals surface area contributed by atoms with Gasteiger partial charge < -0.3 is 11.1 Å². The van der Waals surface area contributed by atoms with Crippen molar-refractivity contribution in [2.75, 3.05) is 5.73 Å². The fraction of sp³-hybridized carbons (Fsp3) is 0.308. The molecule has 1 aromatic carbocycles. The molecule has 0 aliphatic heterocycles. The average Bonchev–Trinajstić information content (AvgIpc) is 2.85. The number of nitrogens with zero attached hydrogens (tertiary/aromatic N) is 1. The van der Waals surface area contributed by atoms with E-state index in [1.165, 1.54) is 0 Å². The number of hydrogen-bond donors (Lipinski definition) is 2. The highest BCUT2D eigenvalue weighted by Crippen LogP contribution is 2.24. The van der Waals surface area contributed by atoms with Gasteiger partial charge in [-0.2, -0.15) is 0 Å². The first-order chi connectivity index (χ1) is 8.49. The van der Waals surface area contributed by atoms with Crippen molar-refractivity contribution in [3.8, 4) is 0 Å². The Kier molecular flexibility index (Phi) is 3.90. The molecule has 0 fully saturated rings. The number of halogens is 1. The van der Waals surface area contributed by atoms with E-state index < -0.39 is 0 Å². The first-order valence-corrected chi connectivity index (χ1v) is 6.94. The molecule has 1 heterocycles. The van der Waals surface area contributed by atoms with Crippen molar-refractivity contribution < 1.29 is 0 Å². The van der Waals surface area contributed by atoms with Crippen LogP contribution in [0.25, 0.3) is 0 Å². The predicted octanol–water partition coefficient (Wildman–Crippen LogP) is 3.40. The third kappa shape index (κ3) is 3.02. The molecule has 18 heavy (non-hydrogen) atoms. The lowest BCUT2D eigenvalue weighted by Crippen LogP contribution is -2.35. The zero-order chi connectivity index (χ0) is 13.2. The summed E-state index contributed by atoms with van der Waals surface area (Å²) in [5.41, 5.74) is 7.36. The fourth-order valence-corrected chi connectivity index (χ4v) is 2.49. The monoisotopic (exact) mass is 281 g/mol. The Bertz CT molecular complexity index is 523. The summed E-state index contributed by atoms with van der Waals surface area (Å²) in [6.45, 7) is 4.96. The summed E-state index contributed by atoms with van der Waals surface area (Å²) in [5.74, 6) is 0. The number of nitrogen functional groups attached to an aromatic ring is 1. The Morgan fingerprint density at radius 3 is 2.83 bits per heavy atom. The Labute approximate surface area is 116 Å². The highest BCUT2D eigenvalue weighted by molar-refractivity contribution is 7.09. The smallest absolute Gasteiger partial charge is 0.112 e. The molecule has 96 valence electrons. The number of rotatable bonds is 4. The molecule has 0 atom stereocenters. The second-order valence-electron chi connectivity index (χ2n) is 4.67. The molecule has 0 aliphatic rings. The maximum Gasteiger partial charge on any atom is 0.112 e. The van der Waals surface area contributed by atoms with Gasteiger partial charge >= 0.3 is 0 Å². The van der Waals surface area contributed by atoms with Gasteiger partial charge in [0.15, 0.2) is 0 Å². The number of aromatic nitrogens is 1. The number of anilines is 1. The molecule has 0 saturated heterocycles. The molecule has 3 nitrogen and oxygen atoms in total. The van der Waals surface area contributed by atoms with Crippen molar-refractivity contribution in [2.24, 2.45) is 0 Å². The molecule has 2 rings (SSSR count). The number of thiazole rings is 1. The van der Waals surface area contributed by atoms with Crippen LogP contribution in [0.2, 0.25) is 5.02 Å². The van der Waals surface area contributed by atoms with Crippen LogP contribution >= 0.6 is 22.9 Å². The topological polar surface area (TPSA) is 50.9 Å². The van der Waals surface area contributed by atoms with Gasteiger partial charge in [0.2, 0.25) is 0 Å². The van der Waals surface area contributed by atoms with Gasteiger partial charge in [-0.15, -0.1) is 11.3 Å². The summed E-state index contributed by atoms with van der Waals surface area (Å²) in [7, 11) is 0. The Morgan fingerprint density at radius 2 is 2.22 bits per heavy atom. The molecule has 0 unspecified atom stereocenters. The molecular formula is C13H16ClN3S. The predicted molar refractivity (Wildman–Crippen MR) is 77.8 cm³/mol. The number of nitrogens with two attached hydrogens (primary N) is 1. The summed E-state index contributed by atoms with van der Waals surface area (Å²) in [4.78, 5) is 4.34. The van der Waals surface area contributed by atoms with Crippen molar-refractivity contribution in [2.45, 2.75) is 25.9 Å². The van der Waals surface area contributed by atoms with E-state index in [4.69, 9.17) is 17.3 Å². The van der Waals surface area contributed by atoms with Gasteiger partial charge in [0, 0.05) is 18.1 Å². The van der Waals surface area contributed by atoms with Crippen LogP contribution in [0.5, 0.6) is 0 Å². The van der Waals surface area contributed by atoms with Crippen LogP contribution in [0.3, 0.4) is 0 Å². The molecule has 0 saturated carbocycles. The molecule has 0 spiro atoms. The molecule has 0 bridgehead atoms. The van der Waals surface area contributed by atoms with Gasteiger partial charge in [0.05, 0.1) is 16.2 Å². The number of nitrogens with one attached hydrogen (secondary N) is 1. The van der Waals surface area contributed by atoms with Gasteiger partial charge in [-0.3, -0.25) is 0 Å².